The van der Waals surface area contributed by atoms with Gasteiger partial charge in [0.25, 0.3) is 0 Å². The normalized spacial score (nSPS) is 22.5. The lowest BCUT2D eigenvalue weighted by molar-refractivity contribution is -0.155. The molecule has 0 spiro atoms. The van der Waals surface area contributed by atoms with Crippen molar-refractivity contribution in [3.05, 3.63) is 0 Å². The zero-order chi connectivity index (χ0) is 18.3. The summed E-state index contributed by atoms with van der Waals surface area (Å²) in [6.07, 6.45) is 0.968. The predicted molar refractivity (Wildman–Crippen MR) is 85.0 cm³/mol. The number of rotatable bonds is 11. The molecule has 0 saturated carbocycles. The highest BCUT2D eigenvalue weighted by Crippen LogP contribution is 2.43. The third kappa shape index (κ3) is 4.21. The van der Waals surface area contributed by atoms with E-state index < -0.39 is 44.1 Å². The molecule has 0 aromatic rings. The van der Waals surface area contributed by atoms with Gasteiger partial charge >= 0.3 is 26.7 Å². The smallest absolute Gasteiger partial charge is 0.481 e. The summed E-state index contributed by atoms with van der Waals surface area (Å²) in [5.74, 6) is -4.80. The minimum absolute atomic E-state index is 0.171. The van der Waals surface area contributed by atoms with Crippen LogP contribution in [-0.4, -0.2) is 51.6 Å². The molecule has 0 radical (unpaired) electrons. The van der Waals surface area contributed by atoms with E-state index in [0.29, 0.717) is 12.8 Å². The number of hydrogen-bond donors (Lipinski definition) is 1. The Morgan fingerprint density at radius 3 is 1.96 bits per heavy atom. The highest BCUT2D eigenvalue weighted by Gasteiger charge is 2.64. The van der Waals surface area contributed by atoms with Crippen LogP contribution in [-0.2, 0) is 32.4 Å². The van der Waals surface area contributed by atoms with Gasteiger partial charge in [-0.2, -0.15) is 0 Å². The summed E-state index contributed by atoms with van der Waals surface area (Å²) >= 11 is 0. The largest absolute Gasteiger partial charge is 0.516 e. The summed E-state index contributed by atoms with van der Waals surface area (Å²) in [7, 11) is -3.75. The van der Waals surface area contributed by atoms with Gasteiger partial charge in [-0.05, 0) is 27.2 Å². The SMILES string of the molecule is CCCC1C(=O)OC(=O)C1C(C(=O)O)[Si](OCC)(OCC)OCC. The van der Waals surface area contributed by atoms with Crippen molar-refractivity contribution in [1.82, 2.24) is 0 Å². The van der Waals surface area contributed by atoms with E-state index in [2.05, 4.69) is 0 Å². The number of esters is 2. The Bertz CT molecular complexity index is 449. The molecule has 1 fully saturated rings. The quantitative estimate of drug-likeness (QED) is 0.335. The van der Waals surface area contributed by atoms with E-state index in [4.69, 9.17) is 18.0 Å². The standard InChI is InChI=1S/C15H26O8Si/c1-5-9-10-11(15(19)23-14(10)18)12(13(16)17)24(20-6-2,21-7-3)22-8-4/h10-12H,5-9H2,1-4H3,(H,16,17). The van der Waals surface area contributed by atoms with Gasteiger partial charge in [0.2, 0.25) is 0 Å². The van der Waals surface area contributed by atoms with Crippen LogP contribution in [0, 0.1) is 11.8 Å². The second-order valence-corrected chi connectivity index (χ2v) is 8.07. The molecule has 0 aliphatic carbocycles. The summed E-state index contributed by atoms with van der Waals surface area (Å²) < 4.78 is 21.7. The Kier molecular flexibility index (Phi) is 8.00. The number of hydrogen-bond acceptors (Lipinski definition) is 7. The van der Waals surface area contributed by atoms with E-state index in [-0.39, 0.29) is 19.8 Å². The number of cyclic esters (lactones) is 2. The van der Waals surface area contributed by atoms with Crippen molar-refractivity contribution in [2.24, 2.45) is 11.8 Å². The van der Waals surface area contributed by atoms with Gasteiger partial charge in [0, 0.05) is 19.8 Å². The highest BCUT2D eigenvalue weighted by molar-refractivity contribution is 6.66. The third-order valence-electron chi connectivity index (χ3n) is 3.85. The Morgan fingerprint density at radius 2 is 1.58 bits per heavy atom. The summed E-state index contributed by atoms with van der Waals surface area (Å²) in [4.78, 5) is 36.2. The first kappa shape index (κ1) is 20.8. The van der Waals surface area contributed by atoms with Crippen molar-refractivity contribution >= 4 is 26.7 Å². The van der Waals surface area contributed by atoms with E-state index in [9.17, 15) is 19.5 Å². The van der Waals surface area contributed by atoms with E-state index in [1.165, 1.54) is 0 Å². The molecule has 1 saturated heterocycles. The molecule has 24 heavy (non-hydrogen) atoms. The molecule has 3 atom stereocenters. The van der Waals surface area contributed by atoms with Crippen molar-refractivity contribution in [1.29, 1.82) is 0 Å². The molecule has 138 valence electrons. The minimum Gasteiger partial charge on any atom is -0.481 e. The molecule has 9 heteroatoms. The third-order valence-corrected chi connectivity index (χ3v) is 7.29. The fourth-order valence-corrected chi connectivity index (χ4v) is 6.16. The van der Waals surface area contributed by atoms with Crippen LogP contribution in [0.4, 0.5) is 0 Å². The van der Waals surface area contributed by atoms with Crippen LogP contribution < -0.4 is 0 Å². The maximum absolute atomic E-state index is 12.2. The molecular formula is C15H26O8Si. The maximum atomic E-state index is 12.2. The minimum atomic E-state index is -3.75. The van der Waals surface area contributed by atoms with Gasteiger partial charge in [0.1, 0.15) is 5.54 Å². The van der Waals surface area contributed by atoms with Crippen molar-refractivity contribution in [2.75, 3.05) is 19.8 Å². The first-order chi connectivity index (χ1) is 11.4. The monoisotopic (exact) mass is 362 g/mol. The van der Waals surface area contributed by atoms with E-state index in [1.807, 2.05) is 6.92 Å². The summed E-state index contributed by atoms with van der Waals surface area (Å²) in [5, 5.41) is 9.81. The van der Waals surface area contributed by atoms with Crippen LogP contribution in [0.2, 0.25) is 5.54 Å². The first-order valence-corrected chi connectivity index (χ1v) is 10.1. The highest BCUT2D eigenvalue weighted by atomic mass is 28.4. The van der Waals surface area contributed by atoms with Gasteiger partial charge in [0.15, 0.2) is 0 Å². The topological polar surface area (TPSA) is 108 Å². The van der Waals surface area contributed by atoms with E-state index in [0.717, 1.165) is 0 Å². The number of carbonyl (C=O) groups excluding carboxylic acids is 2. The first-order valence-electron chi connectivity index (χ1n) is 8.28. The maximum Gasteiger partial charge on any atom is 0.516 e. The van der Waals surface area contributed by atoms with Crippen LogP contribution >= 0.6 is 0 Å². The van der Waals surface area contributed by atoms with Crippen LogP contribution in [0.5, 0.6) is 0 Å². The molecule has 1 heterocycles. The van der Waals surface area contributed by atoms with Crippen LogP contribution in [0.15, 0.2) is 0 Å². The molecule has 0 amide bonds. The summed E-state index contributed by atoms with van der Waals surface area (Å²) in [5.41, 5.74) is -1.38. The second-order valence-electron chi connectivity index (χ2n) is 5.38. The fourth-order valence-electron chi connectivity index (χ4n) is 3.05. The van der Waals surface area contributed by atoms with Crippen molar-refractivity contribution in [3.8, 4) is 0 Å². The Labute approximate surface area is 142 Å². The lowest BCUT2D eigenvalue weighted by Gasteiger charge is -2.35. The molecule has 3 unspecified atom stereocenters. The van der Waals surface area contributed by atoms with Gasteiger partial charge in [0.05, 0.1) is 11.8 Å². The van der Waals surface area contributed by atoms with E-state index >= 15 is 0 Å². The number of ether oxygens (including phenoxy) is 1. The molecule has 0 aromatic carbocycles. The molecule has 0 bridgehead atoms. The fraction of sp³-hybridized carbons (Fsp3) is 0.800. The molecular weight excluding hydrogens is 336 g/mol. The van der Waals surface area contributed by atoms with Gasteiger partial charge in [-0.3, -0.25) is 14.4 Å². The number of carboxylic acids is 1. The van der Waals surface area contributed by atoms with Gasteiger partial charge in [-0.1, -0.05) is 13.3 Å². The van der Waals surface area contributed by atoms with Crippen LogP contribution in [0.3, 0.4) is 0 Å². The van der Waals surface area contributed by atoms with Gasteiger partial charge in [-0.15, -0.1) is 0 Å². The van der Waals surface area contributed by atoms with Gasteiger partial charge < -0.3 is 23.1 Å². The summed E-state index contributed by atoms with van der Waals surface area (Å²) in [6, 6.07) is 0. The zero-order valence-corrected chi connectivity index (χ0v) is 15.6. The number of aliphatic carboxylic acids is 1. The molecule has 1 aliphatic rings. The predicted octanol–water partition coefficient (Wildman–Crippen LogP) is 1.61. The Hall–Kier alpha value is -1.29. The molecule has 0 aromatic heterocycles. The molecule has 8 nitrogen and oxygen atoms in total. The average Bonchev–Trinajstić information content (AvgIpc) is 2.75. The van der Waals surface area contributed by atoms with Crippen LogP contribution in [0.1, 0.15) is 40.5 Å². The molecule has 1 aliphatic heterocycles. The van der Waals surface area contributed by atoms with Crippen molar-refractivity contribution < 1.29 is 37.5 Å². The lowest BCUT2D eigenvalue weighted by Crippen LogP contribution is -2.56. The van der Waals surface area contributed by atoms with E-state index in [1.54, 1.807) is 20.8 Å². The summed E-state index contributed by atoms with van der Waals surface area (Å²) in [6.45, 7) is 7.45. The average molecular weight is 362 g/mol. The molecule has 1 N–H and O–H groups in total. The molecule has 1 rings (SSSR count). The van der Waals surface area contributed by atoms with Crippen LogP contribution in [0.25, 0.3) is 0 Å². The van der Waals surface area contributed by atoms with Crippen molar-refractivity contribution in [3.63, 3.8) is 0 Å². The Balaban J connectivity index is 3.37. The lowest BCUT2D eigenvalue weighted by atomic mass is 9.88. The zero-order valence-electron chi connectivity index (χ0n) is 14.6. The number of carbonyl (C=O) groups is 3. The van der Waals surface area contributed by atoms with Gasteiger partial charge in [-0.25, -0.2) is 0 Å². The second kappa shape index (κ2) is 9.26. The van der Waals surface area contributed by atoms with Crippen molar-refractivity contribution in [2.45, 2.75) is 46.1 Å². The number of carboxylic acid groups (broad SMARTS) is 1. The Morgan fingerprint density at radius 1 is 1.08 bits per heavy atom.